The highest BCUT2D eigenvalue weighted by Crippen LogP contribution is 2.31. The number of carbonyl (C=O) groups excluding carboxylic acids is 1. The summed E-state index contributed by atoms with van der Waals surface area (Å²) in [5.41, 5.74) is 1.70. The molecule has 0 aliphatic heterocycles. The van der Waals surface area contributed by atoms with Crippen molar-refractivity contribution in [2.45, 2.75) is 43.4 Å². The number of nitrogens with one attached hydrogen (secondary N) is 1. The van der Waals surface area contributed by atoms with Crippen LogP contribution in [-0.4, -0.2) is 26.2 Å². The van der Waals surface area contributed by atoms with Gasteiger partial charge in [-0.2, -0.15) is 18.2 Å². The van der Waals surface area contributed by atoms with E-state index in [1.807, 2.05) is 12.1 Å². The van der Waals surface area contributed by atoms with Crippen molar-refractivity contribution in [1.82, 2.24) is 14.5 Å². The number of amides is 1. The summed E-state index contributed by atoms with van der Waals surface area (Å²) in [5.74, 6) is -0.532. The van der Waals surface area contributed by atoms with E-state index >= 15 is 0 Å². The maximum absolute atomic E-state index is 12.9. The van der Waals surface area contributed by atoms with Crippen molar-refractivity contribution < 1.29 is 18.0 Å². The molecule has 3 aromatic rings. The number of aromatic nitrogens is 3. The van der Waals surface area contributed by atoms with Crippen LogP contribution in [0.2, 0.25) is 0 Å². The van der Waals surface area contributed by atoms with E-state index in [-0.39, 0.29) is 17.1 Å². The first-order valence-corrected chi connectivity index (χ1v) is 11.4. The van der Waals surface area contributed by atoms with E-state index in [1.54, 1.807) is 17.0 Å². The molecule has 0 atom stereocenters. The van der Waals surface area contributed by atoms with E-state index in [4.69, 9.17) is 0 Å². The molecule has 6 nitrogen and oxygen atoms in total. The molecule has 0 unspecified atom stereocenters. The zero-order valence-corrected chi connectivity index (χ0v) is 18.4. The second-order valence-corrected chi connectivity index (χ2v) is 8.65. The van der Waals surface area contributed by atoms with Crippen molar-refractivity contribution in [1.29, 1.82) is 0 Å². The third kappa shape index (κ3) is 5.62. The quantitative estimate of drug-likeness (QED) is 0.426. The minimum Gasteiger partial charge on any atom is -0.325 e. The summed E-state index contributed by atoms with van der Waals surface area (Å²) in [6, 6.07) is 8.18. The van der Waals surface area contributed by atoms with Crippen LogP contribution < -0.4 is 11.0 Å². The topological polar surface area (TPSA) is 76.9 Å². The fraction of sp³-hybridized carbons (Fsp3) is 0.304. The van der Waals surface area contributed by atoms with Crippen molar-refractivity contribution in [2.75, 3.05) is 11.1 Å². The summed E-state index contributed by atoms with van der Waals surface area (Å²) in [6.45, 7) is 0.400. The Morgan fingerprint density at radius 1 is 1.12 bits per heavy atom. The van der Waals surface area contributed by atoms with Gasteiger partial charge in [0.15, 0.2) is 0 Å². The van der Waals surface area contributed by atoms with Crippen molar-refractivity contribution in [3.05, 3.63) is 81.7 Å². The summed E-state index contributed by atoms with van der Waals surface area (Å²) < 4.78 is 40.3. The maximum Gasteiger partial charge on any atom is 0.416 e. The Balaban J connectivity index is 1.50. The third-order valence-corrected chi connectivity index (χ3v) is 6.37. The Bertz CT molecular complexity index is 1210. The van der Waals surface area contributed by atoms with Gasteiger partial charge in [0.2, 0.25) is 5.91 Å². The SMILES string of the molecule is O=C(CSc1nc(=O)n(Cc2ccncc2)c2c1CCCC2)Nc1cccc(C(F)(F)F)c1. The highest BCUT2D eigenvalue weighted by Gasteiger charge is 2.30. The minimum atomic E-state index is -4.49. The number of fused-ring (bicyclic) bond motifs is 1. The van der Waals surface area contributed by atoms with Crippen molar-refractivity contribution in [3.8, 4) is 0 Å². The van der Waals surface area contributed by atoms with Crippen LogP contribution in [0, 0.1) is 0 Å². The van der Waals surface area contributed by atoms with Crippen molar-refractivity contribution in [2.24, 2.45) is 0 Å². The van der Waals surface area contributed by atoms with E-state index < -0.39 is 17.6 Å². The molecule has 1 amide bonds. The number of nitrogens with zero attached hydrogens (tertiary/aromatic N) is 3. The van der Waals surface area contributed by atoms with E-state index in [1.165, 1.54) is 12.1 Å². The highest BCUT2D eigenvalue weighted by atomic mass is 32.2. The summed E-state index contributed by atoms with van der Waals surface area (Å²) in [7, 11) is 0. The van der Waals surface area contributed by atoms with Gasteiger partial charge in [-0.15, -0.1) is 0 Å². The average molecular weight is 475 g/mol. The molecule has 1 aliphatic carbocycles. The van der Waals surface area contributed by atoms with E-state index in [2.05, 4.69) is 15.3 Å². The monoisotopic (exact) mass is 474 g/mol. The molecule has 0 radical (unpaired) electrons. The Morgan fingerprint density at radius 2 is 1.88 bits per heavy atom. The number of alkyl halides is 3. The largest absolute Gasteiger partial charge is 0.416 e. The molecule has 4 rings (SSSR count). The molecule has 2 aromatic heterocycles. The van der Waals surface area contributed by atoms with E-state index in [9.17, 15) is 22.8 Å². The molecular weight excluding hydrogens is 453 g/mol. The van der Waals surface area contributed by atoms with Gasteiger partial charge < -0.3 is 5.32 Å². The van der Waals surface area contributed by atoms with Crippen LogP contribution in [0.4, 0.5) is 18.9 Å². The van der Waals surface area contributed by atoms with Gasteiger partial charge in [0.05, 0.1) is 17.9 Å². The number of pyridine rings is 1. The van der Waals surface area contributed by atoms with E-state index in [0.29, 0.717) is 11.6 Å². The van der Waals surface area contributed by atoms with E-state index in [0.717, 1.165) is 66.4 Å². The molecule has 0 fully saturated rings. The van der Waals surface area contributed by atoms with Gasteiger partial charge in [0.1, 0.15) is 5.03 Å². The first-order valence-electron chi connectivity index (χ1n) is 10.4. The average Bonchev–Trinajstić information content (AvgIpc) is 2.80. The lowest BCUT2D eigenvalue weighted by atomic mass is 9.97. The lowest BCUT2D eigenvalue weighted by Gasteiger charge is -2.22. The Kier molecular flexibility index (Phi) is 6.83. The smallest absolute Gasteiger partial charge is 0.325 e. The van der Waals surface area contributed by atoms with Gasteiger partial charge in [-0.1, -0.05) is 17.8 Å². The number of hydrogen-bond acceptors (Lipinski definition) is 5. The second kappa shape index (κ2) is 9.78. The minimum absolute atomic E-state index is 0.0660. The number of rotatable bonds is 6. The van der Waals surface area contributed by atoms with Crippen molar-refractivity contribution in [3.63, 3.8) is 0 Å². The fourth-order valence-electron chi connectivity index (χ4n) is 3.81. The molecule has 1 aromatic carbocycles. The van der Waals surface area contributed by atoms with Crippen LogP contribution >= 0.6 is 11.8 Å². The molecule has 2 heterocycles. The number of halogens is 3. The summed E-state index contributed by atoms with van der Waals surface area (Å²) in [4.78, 5) is 33.4. The molecule has 0 bridgehead atoms. The van der Waals surface area contributed by atoms with Gasteiger partial charge in [-0.05, 0) is 61.6 Å². The molecule has 172 valence electrons. The van der Waals surface area contributed by atoms with Crippen LogP contribution in [0.1, 0.15) is 35.2 Å². The van der Waals surface area contributed by atoms with Crippen LogP contribution in [0.25, 0.3) is 0 Å². The summed E-state index contributed by atoms with van der Waals surface area (Å²) in [5, 5.41) is 3.00. The molecule has 0 saturated heterocycles. The normalized spacial score (nSPS) is 13.4. The number of benzene rings is 1. The lowest BCUT2D eigenvalue weighted by molar-refractivity contribution is -0.137. The summed E-state index contributed by atoms with van der Waals surface area (Å²) >= 11 is 1.13. The van der Waals surface area contributed by atoms with Crippen LogP contribution in [0.5, 0.6) is 0 Å². The predicted octanol–water partition coefficient (Wildman–Crippen LogP) is 4.32. The second-order valence-electron chi connectivity index (χ2n) is 7.69. The molecule has 0 spiro atoms. The van der Waals surface area contributed by atoms with Gasteiger partial charge in [-0.3, -0.25) is 14.3 Å². The van der Waals surface area contributed by atoms with Gasteiger partial charge >= 0.3 is 11.9 Å². The molecule has 0 saturated carbocycles. The first kappa shape index (κ1) is 23.0. The molecule has 1 N–H and O–H groups in total. The zero-order valence-electron chi connectivity index (χ0n) is 17.6. The van der Waals surface area contributed by atoms with Gasteiger partial charge in [0, 0.05) is 29.3 Å². The highest BCUT2D eigenvalue weighted by molar-refractivity contribution is 8.00. The molecule has 10 heteroatoms. The Hall–Kier alpha value is -3.14. The van der Waals surface area contributed by atoms with Gasteiger partial charge in [-0.25, -0.2) is 4.79 Å². The molecule has 1 aliphatic rings. The molecular formula is C23H21F3N4O2S. The van der Waals surface area contributed by atoms with Crippen molar-refractivity contribution >= 4 is 23.4 Å². The third-order valence-electron chi connectivity index (χ3n) is 5.35. The number of hydrogen-bond donors (Lipinski definition) is 1. The molecule has 33 heavy (non-hydrogen) atoms. The predicted molar refractivity (Wildman–Crippen MR) is 119 cm³/mol. The maximum atomic E-state index is 12.9. The van der Waals surface area contributed by atoms with Crippen LogP contribution in [0.15, 0.2) is 58.6 Å². The standard InChI is InChI=1S/C23H21F3N4O2S/c24-23(25,26)16-4-3-5-17(12-16)28-20(31)14-33-21-18-6-1-2-7-19(18)30(22(32)29-21)13-15-8-10-27-11-9-15/h3-5,8-12H,1-2,6-7,13-14H2,(H,28,31). The van der Waals surface area contributed by atoms with Crippen LogP contribution in [-0.2, 0) is 30.4 Å². The van der Waals surface area contributed by atoms with Crippen LogP contribution in [0.3, 0.4) is 0 Å². The Morgan fingerprint density at radius 3 is 2.64 bits per heavy atom. The lowest BCUT2D eigenvalue weighted by Crippen LogP contribution is -2.30. The zero-order chi connectivity index (χ0) is 23.4. The fourth-order valence-corrected chi connectivity index (χ4v) is 4.68. The number of thioether (sulfide) groups is 1. The van der Waals surface area contributed by atoms with Gasteiger partial charge in [0.25, 0.3) is 0 Å². The number of carbonyl (C=O) groups is 1. The number of anilines is 1. The summed E-state index contributed by atoms with van der Waals surface area (Å²) in [6.07, 6.45) is 2.30. The Labute approximate surface area is 192 Å². The first-order chi connectivity index (χ1) is 15.8.